The van der Waals surface area contributed by atoms with Crippen LogP contribution in [-0.2, 0) is 17.9 Å². The number of hydrogen-bond acceptors (Lipinski definition) is 3. The highest BCUT2D eigenvalue weighted by Crippen LogP contribution is 2.10. The molecule has 0 aliphatic carbocycles. The summed E-state index contributed by atoms with van der Waals surface area (Å²) < 4.78 is 0. The zero-order valence-electron chi connectivity index (χ0n) is 14.1. The van der Waals surface area contributed by atoms with Gasteiger partial charge in [-0.3, -0.25) is 9.69 Å². The van der Waals surface area contributed by atoms with E-state index in [1.165, 1.54) is 11.1 Å². The summed E-state index contributed by atoms with van der Waals surface area (Å²) in [6, 6.07) is 22.4. The molecule has 0 fully saturated rings. The van der Waals surface area contributed by atoms with E-state index >= 15 is 0 Å². The molecule has 4 nitrogen and oxygen atoms in total. The normalized spacial score (nSPS) is 10.4. The van der Waals surface area contributed by atoms with Crippen LogP contribution in [0.15, 0.2) is 60.7 Å². The molecule has 0 aliphatic rings. The summed E-state index contributed by atoms with van der Waals surface area (Å²) in [5.74, 6) is 0.0390. The molecule has 1 amide bonds. The van der Waals surface area contributed by atoms with Crippen molar-refractivity contribution < 1.29 is 4.79 Å². The predicted molar refractivity (Wildman–Crippen MR) is 94.9 cm³/mol. The molecule has 24 heavy (non-hydrogen) atoms. The van der Waals surface area contributed by atoms with Gasteiger partial charge in [0.05, 0.1) is 19.0 Å². The summed E-state index contributed by atoms with van der Waals surface area (Å²) in [6.07, 6.45) is 0.361. The Balaban J connectivity index is 2.04. The highest BCUT2D eigenvalue weighted by Gasteiger charge is 2.15. The Morgan fingerprint density at radius 1 is 0.958 bits per heavy atom. The van der Waals surface area contributed by atoms with Crippen LogP contribution >= 0.6 is 0 Å². The molecule has 0 unspecified atom stereocenters. The van der Waals surface area contributed by atoms with Crippen LogP contribution in [-0.4, -0.2) is 35.8 Å². The van der Waals surface area contributed by atoms with Crippen LogP contribution in [0.2, 0.25) is 0 Å². The average molecular weight is 321 g/mol. The van der Waals surface area contributed by atoms with Gasteiger partial charge in [-0.05, 0) is 11.1 Å². The minimum absolute atomic E-state index is 0.0390. The van der Waals surface area contributed by atoms with E-state index in [1.807, 2.05) is 36.4 Å². The quantitative estimate of drug-likeness (QED) is 0.751. The molecule has 2 rings (SSSR count). The number of amides is 1. The highest BCUT2D eigenvalue weighted by molar-refractivity contribution is 5.78. The third-order valence-corrected chi connectivity index (χ3v) is 3.84. The van der Waals surface area contributed by atoms with Crippen molar-refractivity contribution in [1.82, 2.24) is 9.80 Å². The first-order chi connectivity index (χ1) is 11.7. The van der Waals surface area contributed by atoms with E-state index in [0.29, 0.717) is 32.6 Å². The van der Waals surface area contributed by atoms with Crippen LogP contribution in [0.3, 0.4) is 0 Å². The lowest BCUT2D eigenvalue weighted by Gasteiger charge is -2.25. The van der Waals surface area contributed by atoms with Crippen LogP contribution in [0.4, 0.5) is 0 Å². The summed E-state index contributed by atoms with van der Waals surface area (Å²) in [4.78, 5) is 16.2. The maximum Gasteiger partial charge on any atom is 0.236 e. The predicted octanol–water partition coefficient (Wildman–Crippen LogP) is 3.06. The van der Waals surface area contributed by atoms with E-state index < -0.39 is 0 Å². The average Bonchev–Trinajstić information content (AvgIpc) is 2.61. The van der Waals surface area contributed by atoms with Gasteiger partial charge >= 0.3 is 0 Å². The molecule has 0 radical (unpaired) electrons. The van der Waals surface area contributed by atoms with Gasteiger partial charge in [0.25, 0.3) is 0 Å². The van der Waals surface area contributed by atoms with Crippen molar-refractivity contribution in [3.63, 3.8) is 0 Å². The van der Waals surface area contributed by atoms with Crippen molar-refractivity contribution in [3.05, 3.63) is 71.8 Å². The molecule has 124 valence electrons. The molecule has 0 aliphatic heterocycles. The van der Waals surface area contributed by atoms with Crippen LogP contribution in [0.25, 0.3) is 0 Å². The van der Waals surface area contributed by atoms with Crippen molar-refractivity contribution in [2.75, 3.05) is 20.1 Å². The number of nitrogens with zero attached hydrogens (tertiary/aromatic N) is 3. The maximum atomic E-state index is 12.4. The molecule has 0 heterocycles. The zero-order chi connectivity index (χ0) is 17.2. The number of rotatable bonds is 8. The van der Waals surface area contributed by atoms with Crippen molar-refractivity contribution in [2.45, 2.75) is 19.5 Å². The lowest BCUT2D eigenvalue weighted by atomic mass is 10.1. The summed E-state index contributed by atoms with van der Waals surface area (Å²) in [6.45, 7) is 2.24. The van der Waals surface area contributed by atoms with Crippen LogP contribution in [0.1, 0.15) is 17.5 Å². The number of benzene rings is 2. The van der Waals surface area contributed by atoms with Gasteiger partial charge in [0, 0.05) is 26.7 Å². The van der Waals surface area contributed by atoms with Crippen LogP contribution in [0, 0.1) is 11.3 Å². The Morgan fingerprint density at radius 3 is 1.92 bits per heavy atom. The number of likely N-dealkylation sites (N-methyl/N-ethyl adjacent to an activating group) is 1. The molecule has 0 saturated carbocycles. The summed E-state index contributed by atoms with van der Waals surface area (Å²) in [7, 11) is 1.75. The van der Waals surface area contributed by atoms with Gasteiger partial charge in [-0.25, -0.2) is 0 Å². The smallest absolute Gasteiger partial charge is 0.236 e. The molecule has 0 saturated heterocycles. The Bertz CT molecular complexity index is 623. The van der Waals surface area contributed by atoms with Crippen molar-refractivity contribution >= 4 is 5.91 Å². The highest BCUT2D eigenvalue weighted by atomic mass is 16.2. The lowest BCUT2D eigenvalue weighted by molar-refractivity contribution is -0.131. The van der Waals surface area contributed by atoms with Crippen molar-refractivity contribution in [1.29, 1.82) is 5.26 Å². The molecular weight excluding hydrogens is 298 g/mol. The third kappa shape index (κ3) is 5.86. The second kappa shape index (κ2) is 9.49. The van der Waals surface area contributed by atoms with E-state index in [4.69, 9.17) is 5.26 Å². The Hall–Kier alpha value is -2.64. The second-order valence-electron chi connectivity index (χ2n) is 5.84. The molecule has 4 heteroatoms. The zero-order valence-corrected chi connectivity index (χ0v) is 14.1. The van der Waals surface area contributed by atoms with E-state index in [1.54, 1.807) is 11.9 Å². The van der Waals surface area contributed by atoms with Crippen LogP contribution < -0.4 is 0 Å². The molecule has 2 aromatic rings. The van der Waals surface area contributed by atoms with Gasteiger partial charge in [-0.1, -0.05) is 60.7 Å². The number of nitriles is 1. The fourth-order valence-electron chi connectivity index (χ4n) is 2.51. The minimum Gasteiger partial charge on any atom is -0.344 e. The maximum absolute atomic E-state index is 12.4. The summed E-state index contributed by atoms with van der Waals surface area (Å²) >= 11 is 0. The van der Waals surface area contributed by atoms with E-state index in [9.17, 15) is 4.79 Å². The van der Waals surface area contributed by atoms with Crippen LogP contribution in [0.5, 0.6) is 0 Å². The first-order valence-electron chi connectivity index (χ1n) is 8.10. The third-order valence-electron chi connectivity index (χ3n) is 3.84. The molecule has 0 bridgehead atoms. The standard InChI is InChI=1S/C20H23N3O/c1-22(14-8-13-21)20(24)17-23(15-18-9-4-2-5-10-18)16-19-11-6-3-7-12-19/h2-7,9-12H,8,14-17H2,1H3. The number of carbonyl (C=O) groups is 1. The summed E-state index contributed by atoms with van der Waals surface area (Å²) in [5.41, 5.74) is 2.36. The Morgan fingerprint density at radius 2 is 1.46 bits per heavy atom. The molecule has 0 spiro atoms. The van der Waals surface area contributed by atoms with Gasteiger partial charge in [0.2, 0.25) is 5.91 Å². The first kappa shape index (κ1) is 17.7. The fraction of sp³-hybridized carbons (Fsp3) is 0.300. The van der Waals surface area contributed by atoms with Gasteiger partial charge < -0.3 is 4.90 Å². The SMILES string of the molecule is CN(CCC#N)C(=O)CN(Cc1ccccc1)Cc1ccccc1. The fourth-order valence-corrected chi connectivity index (χ4v) is 2.51. The van der Waals surface area contributed by atoms with Crippen molar-refractivity contribution in [3.8, 4) is 6.07 Å². The Kier molecular flexibility index (Phi) is 7.00. The second-order valence-corrected chi connectivity index (χ2v) is 5.84. The van der Waals surface area contributed by atoms with Gasteiger partial charge in [-0.15, -0.1) is 0 Å². The largest absolute Gasteiger partial charge is 0.344 e. The van der Waals surface area contributed by atoms with Gasteiger partial charge in [0.15, 0.2) is 0 Å². The molecule has 0 N–H and O–H groups in total. The van der Waals surface area contributed by atoms with Crippen molar-refractivity contribution in [2.24, 2.45) is 0 Å². The molecular formula is C20H23N3O. The van der Waals surface area contributed by atoms with Gasteiger partial charge in [0.1, 0.15) is 0 Å². The number of carbonyl (C=O) groups excluding carboxylic acids is 1. The lowest BCUT2D eigenvalue weighted by Crippen LogP contribution is -2.38. The number of hydrogen-bond donors (Lipinski definition) is 0. The monoisotopic (exact) mass is 321 g/mol. The first-order valence-corrected chi connectivity index (χ1v) is 8.10. The Labute approximate surface area is 143 Å². The summed E-state index contributed by atoms with van der Waals surface area (Å²) in [5, 5.41) is 8.67. The molecule has 0 atom stereocenters. The van der Waals surface area contributed by atoms with E-state index in [0.717, 1.165) is 0 Å². The molecule has 2 aromatic carbocycles. The van der Waals surface area contributed by atoms with E-state index in [-0.39, 0.29) is 5.91 Å². The van der Waals surface area contributed by atoms with Gasteiger partial charge in [-0.2, -0.15) is 5.26 Å². The molecule has 0 aromatic heterocycles. The van der Waals surface area contributed by atoms with E-state index in [2.05, 4.69) is 35.2 Å². The topological polar surface area (TPSA) is 47.3 Å². The minimum atomic E-state index is 0.0390.